The summed E-state index contributed by atoms with van der Waals surface area (Å²) in [7, 11) is 1.34. The van der Waals surface area contributed by atoms with E-state index < -0.39 is 46.7 Å². The smallest absolute Gasteiger partial charge is 0.434 e. The van der Waals surface area contributed by atoms with Crippen LogP contribution in [0.4, 0.5) is 22.4 Å². The molecule has 0 amide bonds. The van der Waals surface area contributed by atoms with Gasteiger partial charge in [-0.15, -0.1) is 0 Å². The summed E-state index contributed by atoms with van der Waals surface area (Å²) in [5.74, 6) is -3.60. The van der Waals surface area contributed by atoms with E-state index in [0.717, 1.165) is 22.8 Å². The molecule has 0 fully saturated rings. The monoisotopic (exact) mass is 567 g/mol. The fourth-order valence-corrected chi connectivity index (χ4v) is 4.65. The van der Waals surface area contributed by atoms with Crippen LogP contribution < -0.4 is 10.5 Å². The van der Waals surface area contributed by atoms with Crippen molar-refractivity contribution in [2.45, 2.75) is 31.5 Å². The molecule has 1 heterocycles. The van der Waals surface area contributed by atoms with Gasteiger partial charge in [-0.2, -0.15) is 13.2 Å². The Labute approximate surface area is 224 Å². The van der Waals surface area contributed by atoms with E-state index in [0.29, 0.717) is 11.1 Å². The van der Waals surface area contributed by atoms with Gasteiger partial charge in [-0.05, 0) is 59.5 Å². The summed E-state index contributed by atoms with van der Waals surface area (Å²) in [5, 5.41) is 11.1. The highest BCUT2D eigenvalue weighted by Gasteiger charge is 2.59. The summed E-state index contributed by atoms with van der Waals surface area (Å²) in [6.45, 7) is 2.75. The van der Waals surface area contributed by atoms with E-state index in [4.69, 9.17) is 20.8 Å². The highest BCUT2D eigenvalue weighted by atomic mass is 35.5. The van der Waals surface area contributed by atoms with Crippen LogP contribution in [0.5, 0.6) is 5.75 Å². The number of benzene rings is 3. The second-order valence-electron chi connectivity index (χ2n) is 8.76. The zero-order valence-corrected chi connectivity index (χ0v) is 21.6. The van der Waals surface area contributed by atoms with Gasteiger partial charge in [0.05, 0.1) is 12.1 Å². The van der Waals surface area contributed by atoms with Crippen molar-refractivity contribution in [2.75, 3.05) is 6.61 Å². The van der Waals surface area contributed by atoms with Crippen LogP contribution in [0, 0.1) is 5.82 Å². The number of halogens is 5. The lowest BCUT2D eigenvalue weighted by atomic mass is 9.77. The summed E-state index contributed by atoms with van der Waals surface area (Å²) < 4.78 is 73.1. The summed E-state index contributed by atoms with van der Waals surface area (Å²) in [6.07, 6.45) is -6.24. The standard InChI is InChI=1S/C27H22ClF4NO6/c1-4-37-25(35)39-23-12-16(6-9-20(23)29)15-5-8-18(19(28)11-15)14(2)26(36,27(30,31)32)17-7-10-22-21(13-17)33(3)24(34)38-22/h5-14,36H,4H2,1-3H3. The number of nitrogens with zero attached hydrogens (tertiary/aromatic N) is 1. The second-order valence-corrected chi connectivity index (χ2v) is 9.17. The highest BCUT2D eigenvalue weighted by molar-refractivity contribution is 6.31. The maximum absolute atomic E-state index is 14.5. The molecule has 7 nitrogen and oxygen atoms in total. The first-order valence-corrected chi connectivity index (χ1v) is 12.0. The van der Waals surface area contributed by atoms with Gasteiger partial charge < -0.3 is 19.0 Å². The largest absolute Gasteiger partial charge is 0.513 e. The molecule has 0 saturated carbocycles. The molecule has 2 atom stereocenters. The average molecular weight is 568 g/mol. The predicted molar refractivity (Wildman–Crippen MR) is 134 cm³/mol. The van der Waals surface area contributed by atoms with E-state index in [1.807, 2.05) is 0 Å². The third-order valence-electron chi connectivity index (χ3n) is 6.48. The fraction of sp³-hybridized carbons (Fsp3) is 0.259. The van der Waals surface area contributed by atoms with Gasteiger partial charge in [0.1, 0.15) is 0 Å². The third kappa shape index (κ3) is 5.11. The quantitative estimate of drug-likeness (QED) is 0.159. The molecule has 206 valence electrons. The molecule has 0 spiro atoms. The van der Waals surface area contributed by atoms with Crippen LogP contribution in [-0.4, -0.2) is 28.6 Å². The minimum absolute atomic E-state index is 0.0216. The van der Waals surface area contributed by atoms with Gasteiger partial charge in [0, 0.05) is 18.0 Å². The normalized spacial score (nSPS) is 14.2. The van der Waals surface area contributed by atoms with Crippen molar-refractivity contribution in [1.29, 1.82) is 0 Å². The Morgan fingerprint density at radius 3 is 2.41 bits per heavy atom. The van der Waals surface area contributed by atoms with Crippen molar-refractivity contribution in [3.63, 3.8) is 0 Å². The number of aryl methyl sites for hydroxylation is 1. The summed E-state index contributed by atoms with van der Waals surface area (Å²) in [4.78, 5) is 23.4. The van der Waals surface area contributed by atoms with Crippen LogP contribution in [0.15, 0.2) is 63.8 Å². The number of fused-ring (bicyclic) bond motifs is 1. The Morgan fingerprint density at radius 1 is 1.10 bits per heavy atom. The van der Waals surface area contributed by atoms with Gasteiger partial charge in [-0.3, -0.25) is 4.57 Å². The van der Waals surface area contributed by atoms with Crippen molar-refractivity contribution in [1.82, 2.24) is 4.57 Å². The molecule has 12 heteroatoms. The molecule has 0 aliphatic rings. The van der Waals surface area contributed by atoms with Crippen LogP contribution in [0.1, 0.15) is 30.9 Å². The molecule has 1 aromatic heterocycles. The summed E-state index contributed by atoms with van der Waals surface area (Å²) in [6, 6.07) is 11.0. The molecule has 0 aliphatic carbocycles. The van der Waals surface area contributed by atoms with Gasteiger partial charge in [-0.1, -0.05) is 42.8 Å². The molecule has 0 radical (unpaired) electrons. The number of rotatable bonds is 6. The number of aromatic nitrogens is 1. The lowest BCUT2D eigenvalue weighted by Gasteiger charge is -2.37. The van der Waals surface area contributed by atoms with E-state index in [2.05, 4.69) is 4.74 Å². The molecule has 3 aromatic carbocycles. The highest BCUT2D eigenvalue weighted by Crippen LogP contribution is 2.50. The summed E-state index contributed by atoms with van der Waals surface area (Å²) >= 11 is 6.42. The number of ether oxygens (including phenoxy) is 2. The minimum atomic E-state index is -5.14. The number of carbonyl (C=O) groups excluding carboxylic acids is 1. The van der Waals surface area contributed by atoms with Crippen molar-refractivity contribution < 1.29 is 41.4 Å². The van der Waals surface area contributed by atoms with Gasteiger partial charge in [0.2, 0.25) is 0 Å². The van der Waals surface area contributed by atoms with Crippen molar-refractivity contribution in [3.05, 3.63) is 87.1 Å². The Bertz CT molecular complexity index is 1610. The molecule has 0 saturated heterocycles. The molecule has 0 aliphatic heterocycles. The molecular weight excluding hydrogens is 546 g/mol. The molecule has 4 rings (SSSR count). The zero-order chi connectivity index (χ0) is 28.7. The number of hydrogen-bond acceptors (Lipinski definition) is 6. The average Bonchev–Trinajstić information content (AvgIpc) is 3.16. The van der Waals surface area contributed by atoms with E-state index in [1.54, 1.807) is 6.92 Å². The SMILES string of the molecule is CCOC(=O)Oc1cc(-c2ccc(C(C)C(O)(c3ccc4oc(=O)n(C)c4c3)C(F)(F)F)c(Cl)c2)ccc1F. The topological polar surface area (TPSA) is 90.9 Å². The number of aliphatic hydroxyl groups is 1. The Morgan fingerprint density at radius 2 is 1.77 bits per heavy atom. The van der Waals surface area contributed by atoms with E-state index >= 15 is 0 Å². The lowest BCUT2D eigenvalue weighted by molar-refractivity contribution is -0.274. The minimum Gasteiger partial charge on any atom is -0.434 e. The van der Waals surface area contributed by atoms with Crippen molar-refractivity contribution >= 4 is 28.9 Å². The zero-order valence-electron chi connectivity index (χ0n) is 20.8. The molecular formula is C27H22ClF4NO6. The van der Waals surface area contributed by atoms with Crippen LogP contribution in [0.25, 0.3) is 22.2 Å². The van der Waals surface area contributed by atoms with Crippen LogP contribution in [0.3, 0.4) is 0 Å². The Hall–Kier alpha value is -3.83. The van der Waals surface area contributed by atoms with Crippen LogP contribution in [-0.2, 0) is 17.4 Å². The lowest BCUT2D eigenvalue weighted by Crippen LogP contribution is -2.46. The molecule has 2 unspecified atom stereocenters. The van der Waals surface area contributed by atoms with Crippen molar-refractivity contribution in [2.24, 2.45) is 7.05 Å². The number of alkyl halides is 3. The molecule has 39 heavy (non-hydrogen) atoms. The second kappa shape index (κ2) is 10.4. The van der Waals surface area contributed by atoms with Gasteiger partial charge in [-0.25, -0.2) is 14.0 Å². The molecule has 1 N–H and O–H groups in total. The van der Waals surface area contributed by atoms with E-state index in [9.17, 15) is 32.3 Å². The molecule has 4 aromatic rings. The van der Waals surface area contributed by atoms with E-state index in [1.165, 1.54) is 50.4 Å². The summed E-state index contributed by atoms with van der Waals surface area (Å²) in [5.41, 5.74) is -3.04. The number of hydrogen-bond donors (Lipinski definition) is 1. The maximum Gasteiger partial charge on any atom is 0.513 e. The predicted octanol–water partition coefficient (Wildman–Crippen LogP) is 6.68. The first-order chi connectivity index (χ1) is 18.3. The van der Waals surface area contributed by atoms with Crippen LogP contribution >= 0.6 is 11.6 Å². The third-order valence-corrected chi connectivity index (χ3v) is 6.80. The molecule has 0 bridgehead atoms. The van der Waals surface area contributed by atoms with Gasteiger partial charge >= 0.3 is 18.1 Å². The first-order valence-electron chi connectivity index (χ1n) is 11.6. The van der Waals surface area contributed by atoms with Gasteiger partial charge in [0.25, 0.3) is 0 Å². The van der Waals surface area contributed by atoms with Crippen molar-refractivity contribution in [3.8, 4) is 16.9 Å². The van der Waals surface area contributed by atoms with Crippen LogP contribution in [0.2, 0.25) is 5.02 Å². The number of oxazole rings is 1. The Kier molecular flexibility index (Phi) is 7.50. The maximum atomic E-state index is 14.5. The van der Waals surface area contributed by atoms with Gasteiger partial charge in [0.15, 0.2) is 22.8 Å². The fourth-order valence-electron chi connectivity index (χ4n) is 4.30. The number of carbonyl (C=O) groups is 1. The Balaban J connectivity index is 1.74. The van der Waals surface area contributed by atoms with E-state index in [-0.39, 0.29) is 28.3 Å². The first kappa shape index (κ1) is 28.2.